The number of nitrogens with one attached hydrogen (secondary N) is 1. The molecule has 0 amide bonds. The number of rotatable bonds is 14. The molecule has 0 bridgehead atoms. The zero-order valence-corrected chi connectivity index (χ0v) is 17.0. The van der Waals surface area contributed by atoms with E-state index in [9.17, 15) is 4.57 Å². The van der Waals surface area contributed by atoms with Crippen LogP contribution in [-0.4, -0.2) is 24.6 Å². The van der Waals surface area contributed by atoms with E-state index >= 15 is 0 Å². The van der Waals surface area contributed by atoms with E-state index in [-0.39, 0.29) is 0 Å². The average Bonchev–Trinajstić information content (AvgIpc) is 2.54. The second-order valence-corrected chi connectivity index (χ2v) is 6.88. The van der Waals surface area contributed by atoms with Crippen LogP contribution in [0.15, 0.2) is 0 Å². The minimum atomic E-state index is -2.35. The van der Waals surface area contributed by atoms with Crippen LogP contribution in [0.25, 0.3) is 0 Å². The summed E-state index contributed by atoms with van der Waals surface area (Å²) in [5.41, 5.74) is 0. The molecule has 3 unspecified atom stereocenters. The lowest BCUT2D eigenvalue weighted by atomic mass is 9.97. The first-order valence-corrected chi connectivity index (χ1v) is 10.7. The molecule has 0 aromatic rings. The van der Waals surface area contributed by atoms with Gasteiger partial charge in [0.05, 0.1) is 0 Å². The molecule has 0 aromatic heterocycles. The topological polar surface area (TPSA) is 58.6 Å². The summed E-state index contributed by atoms with van der Waals surface area (Å²) in [6.45, 7) is 13.7. The lowest BCUT2D eigenvalue weighted by Crippen LogP contribution is -2.28. The molecule has 4 nitrogen and oxygen atoms in total. The Labute approximate surface area is 145 Å². The van der Waals surface area contributed by atoms with Crippen molar-refractivity contribution >= 4 is 8.25 Å². The summed E-state index contributed by atoms with van der Waals surface area (Å²) in [6.07, 6.45) is 10.9. The molecule has 0 spiro atoms. The first-order valence-electron chi connectivity index (χ1n) is 9.55. The lowest BCUT2D eigenvalue weighted by Gasteiger charge is -2.19. The predicted octanol–water partition coefficient (Wildman–Crippen LogP) is 5.68. The van der Waals surface area contributed by atoms with Crippen molar-refractivity contribution in [2.45, 2.75) is 86.0 Å². The van der Waals surface area contributed by atoms with Crippen LogP contribution in [0.3, 0.4) is 0 Å². The summed E-state index contributed by atoms with van der Waals surface area (Å²) in [5, 5.41) is 3.71. The van der Waals surface area contributed by atoms with Gasteiger partial charge in [-0.1, -0.05) is 66.2 Å². The monoisotopic (exact) mass is 350 g/mol. The minimum Gasteiger partial charge on any atom is -0.316 e. The van der Waals surface area contributed by atoms with E-state index in [1.807, 2.05) is 0 Å². The molecule has 3 atom stereocenters. The van der Waals surface area contributed by atoms with Gasteiger partial charge in [0.25, 0.3) is 0 Å². The fraction of sp³-hybridized carbons (Fsp3) is 1.00. The second kappa shape index (κ2) is 20.0. The zero-order chi connectivity index (χ0) is 17.9. The lowest BCUT2D eigenvalue weighted by molar-refractivity contribution is 0.297. The van der Waals surface area contributed by atoms with Gasteiger partial charge >= 0.3 is 8.25 Å². The maximum absolute atomic E-state index is 9.53. The van der Waals surface area contributed by atoms with Gasteiger partial charge in [-0.3, -0.25) is 0 Å². The molecule has 0 radical (unpaired) electrons. The molecule has 23 heavy (non-hydrogen) atoms. The normalized spacial score (nSPS) is 13.9. The Hall–Kier alpha value is -0.0200. The molecule has 0 aliphatic heterocycles. The van der Waals surface area contributed by atoms with Gasteiger partial charge in [-0.05, 0) is 44.7 Å². The molecule has 0 heterocycles. The first-order chi connectivity index (χ1) is 11.0. The first kappa shape index (κ1) is 25.2. The van der Waals surface area contributed by atoms with Crippen molar-refractivity contribution in [1.29, 1.82) is 0 Å². The molecule has 0 rings (SSSR count). The van der Waals surface area contributed by atoms with Crippen molar-refractivity contribution in [3.05, 3.63) is 0 Å². The Morgan fingerprint density at radius 3 is 1.57 bits per heavy atom. The van der Waals surface area contributed by atoms with Crippen LogP contribution >= 0.6 is 8.25 Å². The summed E-state index contributed by atoms with van der Waals surface area (Å²) >= 11 is 0. The third kappa shape index (κ3) is 19.9. The largest absolute Gasteiger partial charge is 0.694 e. The van der Waals surface area contributed by atoms with Crippen LogP contribution in [0, 0.1) is 11.8 Å². The van der Waals surface area contributed by atoms with Crippen LogP contribution in [0.1, 0.15) is 86.0 Å². The highest BCUT2D eigenvalue weighted by Crippen LogP contribution is 2.14. The van der Waals surface area contributed by atoms with E-state index in [0.717, 1.165) is 11.8 Å². The molecular formula is C18H41NO3P+. The SMILES string of the molecule is CCCCC(CC)CNCC(CC)CCCC.CCO[P+](=O)O. The summed E-state index contributed by atoms with van der Waals surface area (Å²) in [7, 11) is -2.35. The van der Waals surface area contributed by atoms with E-state index < -0.39 is 8.25 Å². The maximum Gasteiger partial charge on any atom is 0.694 e. The van der Waals surface area contributed by atoms with Crippen molar-refractivity contribution in [3.63, 3.8) is 0 Å². The van der Waals surface area contributed by atoms with Crippen molar-refractivity contribution in [2.24, 2.45) is 11.8 Å². The van der Waals surface area contributed by atoms with Crippen LogP contribution in [0.5, 0.6) is 0 Å². The summed E-state index contributed by atoms with van der Waals surface area (Å²) in [5.74, 6) is 1.80. The minimum absolute atomic E-state index is 0.297. The van der Waals surface area contributed by atoms with Gasteiger partial charge < -0.3 is 5.32 Å². The third-order valence-electron chi connectivity index (χ3n) is 4.19. The van der Waals surface area contributed by atoms with Gasteiger partial charge in [-0.15, -0.1) is 9.42 Å². The van der Waals surface area contributed by atoms with E-state index in [1.54, 1.807) is 6.92 Å². The molecule has 0 aromatic carbocycles. The highest BCUT2D eigenvalue weighted by atomic mass is 31.1. The zero-order valence-electron chi connectivity index (χ0n) is 16.1. The van der Waals surface area contributed by atoms with Gasteiger partial charge in [-0.2, -0.15) is 0 Å². The highest BCUT2D eigenvalue weighted by Gasteiger charge is 2.08. The Morgan fingerprint density at radius 1 is 0.913 bits per heavy atom. The van der Waals surface area contributed by atoms with E-state index in [0.29, 0.717) is 6.61 Å². The van der Waals surface area contributed by atoms with Gasteiger partial charge in [-0.25, -0.2) is 0 Å². The van der Waals surface area contributed by atoms with Crippen molar-refractivity contribution < 1.29 is 14.0 Å². The quantitative estimate of drug-likeness (QED) is 0.396. The second-order valence-electron chi connectivity index (χ2n) is 6.15. The average molecular weight is 351 g/mol. The smallest absolute Gasteiger partial charge is 0.316 e. The Kier molecular flexibility index (Phi) is 22.0. The highest BCUT2D eigenvalue weighted by molar-refractivity contribution is 7.32. The standard InChI is InChI=1S/C16H35N.C2H5O3P/c1-5-9-11-15(7-3)13-17-14-16(8-4)12-10-6-2;1-2-5-6(3)4/h15-17H,5-14H2,1-4H3;2H2,1H3/p+1. The van der Waals surface area contributed by atoms with Crippen LogP contribution in [0.2, 0.25) is 0 Å². The third-order valence-corrected chi connectivity index (χ3v) is 4.67. The molecule has 0 saturated heterocycles. The molecule has 5 heteroatoms. The van der Waals surface area contributed by atoms with Gasteiger partial charge in [0.2, 0.25) is 0 Å². The summed E-state index contributed by atoms with van der Waals surface area (Å²) in [6, 6.07) is 0. The van der Waals surface area contributed by atoms with Gasteiger partial charge in [0, 0.05) is 4.57 Å². The molecule has 2 N–H and O–H groups in total. The number of hydrogen-bond donors (Lipinski definition) is 2. The molecule has 0 aliphatic carbocycles. The van der Waals surface area contributed by atoms with E-state index in [2.05, 4.69) is 37.5 Å². The van der Waals surface area contributed by atoms with Gasteiger partial charge in [0.1, 0.15) is 6.61 Å². The molecule has 0 saturated carbocycles. The van der Waals surface area contributed by atoms with Crippen molar-refractivity contribution in [1.82, 2.24) is 5.32 Å². The maximum atomic E-state index is 9.53. The Bertz CT molecular complexity index is 236. The molecule has 0 aliphatic rings. The summed E-state index contributed by atoms with van der Waals surface area (Å²) in [4.78, 5) is 7.84. The fourth-order valence-corrected chi connectivity index (χ4v) is 2.71. The van der Waals surface area contributed by atoms with Crippen molar-refractivity contribution in [2.75, 3.05) is 19.7 Å². The van der Waals surface area contributed by atoms with Crippen molar-refractivity contribution in [3.8, 4) is 0 Å². The fourth-order valence-electron chi connectivity index (χ4n) is 2.49. The van der Waals surface area contributed by atoms with Crippen LogP contribution in [-0.2, 0) is 9.09 Å². The Morgan fingerprint density at radius 2 is 1.35 bits per heavy atom. The predicted molar refractivity (Wildman–Crippen MR) is 101 cm³/mol. The molecule has 0 fully saturated rings. The molecular weight excluding hydrogens is 309 g/mol. The number of unbranched alkanes of at least 4 members (excludes halogenated alkanes) is 2. The Balaban J connectivity index is 0. The molecule has 140 valence electrons. The van der Waals surface area contributed by atoms with Crippen LogP contribution < -0.4 is 5.32 Å². The van der Waals surface area contributed by atoms with E-state index in [1.165, 1.54) is 64.5 Å². The summed E-state index contributed by atoms with van der Waals surface area (Å²) < 4.78 is 13.6. The van der Waals surface area contributed by atoms with Crippen LogP contribution in [0.4, 0.5) is 0 Å². The van der Waals surface area contributed by atoms with E-state index in [4.69, 9.17) is 4.89 Å². The van der Waals surface area contributed by atoms with Gasteiger partial charge in [0.15, 0.2) is 0 Å². The number of hydrogen-bond acceptors (Lipinski definition) is 3.